The zero-order valence-electron chi connectivity index (χ0n) is 9.47. The van der Waals surface area contributed by atoms with Gasteiger partial charge in [0, 0.05) is 11.1 Å². The van der Waals surface area contributed by atoms with E-state index in [9.17, 15) is 8.42 Å². The highest BCUT2D eigenvalue weighted by Gasteiger charge is 2.31. The standard InChI is InChI=1S/C12H16ClNO2S/c13-9-4-6-11(7-5-9)17(15,16)12-3-1-2-10(14)8-12/h4-7,10,12H,1-3,8,14H2. The summed E-state index contributed by atoms with van der Waals surface area (Å²) < 4.78 is 24.7. The first-order valence-corrected chi connectivity index (χ1v) is 7.67. The molecule has 1 fully saturated rings. The Morgan fingerprint density at radius 3 is 2.41 bits per heavy atom. The second kappa shape index (κ2) is 4.96. The summed E-state index contributed by atoms with van der Waals surface area (Å²) in [7, 11) is -3.25. The second-order valence-corrected chi connectivity index (χ2v) is 7.21. The number of sulfone groups is 1. The predicted octanol–water partition coefficient (Wildman–Crippen LogP) is 2.38. The zero-order valence-corrected chi connectivity index (χ0v) is 11.0. The summed E-state index contributed by atoms with van der Waals surface area (Å²) in [5, 5.41) is 0.205. The van der Waals surface area contributed by atoms with Crippen molar-refractivity contribution < 1.29 is 8.42 Å². The maximum absolute atomic E-state index is 12.3. The van der Waals surface area contributed by atoms with Crippen LogP contribution in [0.5, 0.6) is 0 Å². The summed E-state index contributed by atoms with van der Waals surface area (Å²) in [6.07, 6.45) is 3.08. The number of hydrogen-bond donors (Lipinski definition) is 1. The number of rotatable bonds is 2. The summed E-state index contributed by atoms with van der Waals surface area (Å²) >= 11 is 5.76. The van der Waals surface area contributed by atoms with Crippen LogP contribution in [0, 0.1) is 0 Å². The highest BCUT2D eigenvalue weighted by atomic mass is 35.5. The Morgan fingerprint density at radius 1 is 1.18 bits per heavy atom. The molecule has 0 bridgehead atoms. The fourth-order valence-corrected chi connectivity index (χ4v) is 4.28. The van der Waals surface area contributed by atoms with Crippen LogP contribution in [0.3, 0.4) is 0 Å². The minimum atomic E-state index is -3.25. The molecule has 0 radical (unpaired) electrons. The molecule has 0 spiro atoms. The van der Waals surface area contributed by atoms with E-state index in [-0.39, 0.29) is 11.3 Å². The third kappa shape index (κ3) is 2.81. The van der Waals surface area contributed by atoms with Gasteiger partial charge in [-0.05, 0) is 43.5 Å². The molecule has 0 aromatic heterocycles. The highest BCUT2D eigenvalue weighted by Crippen LogP contribution is 2.28. The molecule has 17 heavy (non-hydrogen) atoms. The molecular formula is C12H16ClNO2S. The first-order valence-electron chi connectivity index (χ1n) is 5.75. The lowest BCUT2D eigenvalue weighted by molar-refractivity contribution is 0.433. The molecular weight excluding hydrogens is 258 g/mol. The average molecular weight is 274 g/mol. The summed E-state index contributed by atoms with van der Waals surface area (Å²) in [6, 6.07) is 6.36. The first kappa shape index (κ1) is 12.9. The lowest BCUT2D eigenvalue weighted by Crippen LogP contribution is -2.35. The van der Waals surface area contributed by atoms with Crippen LogP contribution in [0.15, 0.2) is 29.2 Å². The lowest BCUT2D eigenvalue weighted by atomic mass is 9.96. The van der Waals surface area contributed by atoms with E-state index in [1.165, 1.54) is 0 Å². The van der Waals surface area contributed by atoms with Gasteiger partial charge in [-0.1, -0.05) is 18.0 Å². The minimum Gasteiger partial charge on any atom is -0.328 e. The van der Waals surface area contributed by atoms with Crippen molar-refractivity contribution in [2.45, 2.75) is 41.9 Å². The van der Waals surface area contributed by atoms with Crippen LogP contribution < -0.4 is 5.73 Å². The van der Waals surface area contributed by atoms with Gasteiger partial charge in [0.1, 0.15) is 0 Å². The number of hydrogen-bond acceptors (Lipinski definition) is 3. The third-order valence-corrected chi connectivity index (χ3v) is 5.73. The Hall–Kier alpha value is -0.580. The Labute approximate surface area is 107 Å². The van der Waals surface area contributed by atoms with Crippen molar-refractivity contribution in [2.24, 2.45) is 5.73 Å². The molecule has 1 aliphatic rings. The van der Waals surface area contributed by atoms with Crippen molar-refractivity contribution >= 4 is 21.4 Å². The second-order valence-electron chi connectivity index (χ2n) is 4.55. The third-order valence-electron chi connectivity index (χ3n) is 3.25. The van der Waals surface area contributed by atoms with Gasteiger partial charge in [0.2, 0.25) is 0 Å². The molecule has 2 unspecified atom stereocenters. The molecule has 2 N–H and O–H groups in total. The average Bonchev–Trinajstić information content (AvgIpc) is 2.29. The van der Waals surface area contributed by atoms with E-state index in [1.54, 1.807) is 24.3 Å². The normalized spacial score (nSPS) is 25.8. The Morgan fingerprint density at radius 2 is 1.82 bits per heavy atom. The van der Waals surface area contributed by atoms with Gasteiger partial charge >= 0.3 is 0 Å². The summed E-state index contributed by atoms with van der Waals surface area (Å²) in [6.45, 7) is 0. The Bertz CT molecular complexity index is 484. The van der Waals surface area contributed by atoms with Crippen molar-refractivity contribution in [3.63, 3.8) is 0 Å². The molecule has 0 heterocycles. The van der Waals surface area contributed by atoms with Crippen molar-refractivity contribution in [1.82, 2.24) is 0 Å². The van der Waals surface area contributed by atoms with Crippen molar-refractivity contribution in [1.29, 1.82) is 0 Å². The molecule has 1 aliphatic carbocycles. The van der Waals surface area contributed by atoms with E-state index in [4.69, 9.17) is 17.3 Å². The van der Waals surface area contributed by atoms with Gasteiger partial charge < -0.3 is 5.73 Å². The van der Waals surface area contributed by atoms with Gasteiger partial charge in [-0.25, -0.2) is 8.42 Å². The first-order chi connectivity index (χ1) is 8.00. The van der Waals surface area contributed by atoms with Crippen LogP contribution in [0.4, 0.5) is 0 Å². The molecule has 1 saturated carbocycles. The molecule has 3 nitrogen and oxygen atoms in total. The van der Waals surface area contributed by atoms with Crippen molar-refractivity contribution in [3.05, 3.63) is 29.3 Å². The number of nitrogens with two attached hydrogens (primary N) is 1. The van der Waals surface area contributed by atoms with Gasteiger partial charge in [-0.2, -0.15) is 0 Å². The zero-order chi connectivity index (χ0) is 12.5. The molecule has 0 aliphatic heterocycles. The van der Waals surface area contributed by atoms with Gasteiger partial charge in [-0.15, -0.1) is 0 Å². The number of benzene rings is 1. The Kier molecular flexibility index (Phi) is 3.76. The fourth-order valence-electron chi connectivity index (χ4n) is 2.28. The highest BCUT2D eigenvalue weighted by molar-refractivity contribution is 7.92. The van der Waals surface area contributed by atoms with Gasteiger partial charge in [0.05, 0.1) is 10.1 Å². The monoisotopic (exact) mass is 273 g/mol. The molecule has 1 aromatic carbocycles. The summed E-state index contributed by atoms with van der Waals surface area (Å²) in [5.74, 6) is 0. The van der Waals surface area contributed by atoms with E-state index in [1.807, 2.05) is 0 Å². The van der Waals surface area contributed by atoms with E-state index in [0.717, 1.165) is 12.8 Å². The quantitative estimate of drug-likeness (QED) is 0.900. The van der Waals surface area contributed by atoms with Crippen LogP contribution in [-0.2, 0) is 9.84 Å². The van der Waals surface area contributed by atoms with E-state index in [0.29, 0.717) is 22.8 Å². The van der Waals surface area contributed by atoms with Gasteiger partial charge in [0.15, 0.2) is 9.84 Å². The van der Waals surface area contributed by atoms with Crippen LogP contribution in [0.2, 0.25) is 5.02 Å². The molecule has 2 rings (SSSR count). The molecule has 1 aromatic rings. The van der Waals surface area contributed by atoms with Gasteiger partial charge in [0.25, 0.3) is 0 Å². The van der Waals surface area contributed by atoms with Gasteiger partial charge in [-0.3, -0.25) is 0 Å². The van der Waals surface area contributed by atoms with Crippen molar-refractivity contribution in [2.75, 3.05) is 0 Å². The summed E-state index contributed by atoms with van der Waals surface area (Å²) in [5.41, 5.74) is 5.84. The predicted molar refractivity (Wildman–Crippen MR) is 68.9 cm³/mol. The fraction of sp³-hybridized carbons (Fsp3) is 0.500. The maximum atomic E-state index is 12.3. The van der Waals surface area contributed by atoms with E-state index < -0.39 is 9.84 Å². The topological polar surface area (TPSA) is 60.2 Å². The van der Waals surface area contributed by atoms with Crippen molar-refractivity contribution in [3.8, 4) is 0 Å². The molecule has 2 atom stereocenters. The molecule has 94 valence electrons. The molecule has 0 saturated heterocycles. The Balaban J connectivity index is 2.26. The number of halogens is 1. The largest absolute Gasteiger partial charge is 0.328 e. The lowest BCUT2D eigenvalue weighted by Gasteiger charge is -2.26. The molecule has 0 amide bonds. The van der Waals surface area contributed by atoms with E-state index in [2.05, 4.69) is 0 Å². The van der Waals surface area contributed by atoms with E-state index >= 15 is 0 Å². The molecule has 5 heteroatoms. The van der Waals surface area contributed by atoms with Crippen LogP contribution in [0.25, 0.3) is 0 Å². The maximum Gasteiger partial charge on any atom is 0.181 e. The smallest absolute Gasteiger partial charge is 0.181 e. The van der Waals surface area contributed by atoms with Crippen LogP contribution in [0.1, 0.15) is 25.7 Å². The minimum absolute atomic E-state index is 0.0100. The SMILES string of the molecule is NC1CCCC(S(=O)(=O)c2ccc(Cl)cc2)C1. The van der Waals surface area contributed by atoms with Crippen LogP contribution in [-0.4, -0.2) is 19.7 Å². The summed E-state index contributed by atoms with van der Waals surface area (Å²) in [4.78, 5) is 0.348. The van der Waals surface area contributed by atoms with Crippen LogP contribution >= 0.6 is 11.6 Å².